The quantitative estimate of drug-likeness (QED) is 0.439. The fourth-order valence-corrected chi connectivity index (χ4v) is 0.376. The molecule has 0 radical (unpaired) electrons. The van der Waals surface area contributed by atoms with E-state index >= 15 is 0 Å². The van der Waals surface area contributed by atoms with Gasteiger partial charge in [-0.25, -0.2) is 0 Å². The Bertz CT molecular complexity index is 154. The SMILES string of the molecule is Cl.NNc1ccnnc1. The lowest BCUT2D eigenvalue weighted by molar-refractivity contribution is 1.03. The fraction of sp³-hybridized carbons (Fsp3) is 0. The second kappa shape index (κ2) is 4.05. The first-order valence-electron chi connectivity index (χ1n) is 2.17. The topological polar surface area (TPSA) is 63.8 Å². The van der Waals surface area contributed by atoms with Crippen LogP contribution >= 0.6 is 12.4 Å². The summed E-state index contributed by atoms with van der Waals surface area (Å²) in [6.45, 7) is 0. The highest BCUT2D eigenvalue weighted by Crippen LogP contribution is 1.95. The van der Waals surface area contributed by atoms with Gasteiger partial charge in [0.05, 0.1) is 18.1 Å². The predicted molar refractivity (Wildman–Crippen MR) is 37.1 cm³/mol. The second-order valence-corrected chi connectivity index (χ2v) is 1.28. The number of anilines is 1. The number of halogens is 1. The molecule has 3 N–H and O–H groups in total. The summed E-state index contributed by atoms with van der Waals surface area (Å²) in [5, 5.41) is 7.11. The van der Waals surface area contributed by atoms with Crippen LogP contribution in [0, 0.1) is 0 Å². The molecule has 1 heterocycles. The number of hydrogen-bond donors (Lipinski definition) is 2. The van der Waals surface area contributed by atoms with E-state index in [9.17, 15) is 0 Å². The van der Waals surface area contributed by atoms with Crippen LogP contribution in [-0.2, 0) is 0 Å². The van der Waals surface area contributed by atoms with Gasteiger partial charge in [0.2, 0.25) is 0 Å². The van der Waals surface area contributed by atoms with Gasteiger partial charge in [0.25, 0.3) is 0 Å². The van der Waals surface area contributed by atoms with Gasteiger partial charge in [-0.15, -0.1) is 12.4 Å². The molecule has 1 aromatic rings. The third-order valence-electron chi connectivity index (χ3n) is 0.751. The van der Waals surface area contributed by atoms with E-state index in [1.807, 2.05) is 0 Å². The van der Waals surface area contributed by atoms with Gasteiger partial charge in [-0.3, -0.25) is 5.84 Å². The highest BCUT2D eigenvalue weighted by molar-refractivity contribution is 5.85. The Hall–Kier alpha value is -0.870. The summed E-state index contributed by atoms with van der Waals surface area (Å²) in [5.74, 6) is 5.03. The van der Waals surface area contributed by atoms with Crippen LogP contribution in [-0.4, -0.2) is 10.2 Å². The van der Waals surface area contributed by atoms with Crippen molar-refractivity contribution in [2.45, 2.75) is 0 Å². The first kappa shape index (κ1) is 8.13. The summed E-state index contributed by atoms with van der Waals surface area (Å²) in [6, 6.07) is 1.73. The number of nitrogens with zero attached hydrogens (tertiary/aromatic N) is 2. The Morgan fingerprint density at radius 1 is 1.44 bits per heavy atom. The molecule has 0 saturated carbocycles. The van der Waals surface area contributed by atoms with E-state index < -0.39 is 0 Å². The Kier molecular flexibility index (Phi) is 3.66. The molecule has 4 nitrogen and oxygen atoms in total. The Labute approximate surface area is 58.9 Å². The molecule has 0 atom stereocenters. The van der Waals surface area contributed by atoms with Crippen LogP contribution in [0.15, 0.2) is 18.5 Å². The summed E-state index contributed by atoms with van der Waals surface area (Å²) in [7, 11) is 0. The van der Waals surface area contributed by atoms with E-state index in [-0.39, 0.29) is 12.4 Å². The molecular weight excluding hydrogens is 140 g/mol. The molecule has 0 unspecified atom stereocenters. The number of aromatic nitrogens is 2. The molecule has 5 heteroatoms. The Morgan fingerprint density at radius 3 is 2.56 bits per heavy atom. The number of nitrogen functional groups attached to an aromatic ring is 1. The average Bonchev–Trinajstić information content (AvgIpc) is 1.90. The number of hydrogen-bond acceptors (Lipinski definition) is 4. The van der Waals surface area contributed by atoms with Crippen molar-refractivity contribution >= 4 is 18.1 Å². The fourth-order valence-electron chi connectivity index (χ4n) is 0.376. The smallest absolute Gasteiger partial charge is 0.0741 e. The van der Waals surface area contributed by atoms with Gasteiger partial charge < -0.3 is 5.43 Å². The second-order valence-electron chi connectivity index (χ2n) is 1.28. The summed E-state index contributed by atoms with van der Waals surface area (Å²) in [5.41, 5.74) is 3.19. The average molecular weight is 147 g/mol. The van der Waals surface area contributed by atoms with Crippen molar-refractivity contribution in [1.29, 1.82) is 0 Å². The van der Waals surface area contributed by atoms with Crippen molar-refractivity contribution in [3.8, 4) is 0 Å². The van der Waals surface area contributed by atoms with Crippen molar-refractivity contribution in [1.82, 2.24) is 10.2 Å². The van der Waals surface area contributed by atoms with Crippen LogP contribution in [0.2, 0.25) is 0 Å². The molecule has 0 aliphatic heterocycles. The highest BCUT2D eigenvalue weighted by atomic mass is 35.5. The van der Waals surface area contributed by atoms with E-state index in [1.165, 1.54) is 0 Å². The molecule has 0 aliphatic carbocycles. The normalized spacial score (nSPS) is 7.67. The molecule has 0 bridgehead atoms. The van der Waals surface area contributed by atoms with Crippen LogP contribution in [0.4, 0.5) is 5.69 Å². The first-order chi connectivity index (χ1) is 3.93. The van der Waals surface area contributed by atoms with E-state index in [0.29, 0.717) is 0 Å². The lowest BCUT2D eigenvalue weighted by atomic mass is 10.5. The Morgan fingerprint density at radius 2 is 2.22 bits per heavy atom. The molecule has 0 saturated heterocycles. The number of rotatable bonds is 1. The molecule has 0 amide bonds. The van der Waals surface area contributed by atoms with Crippen molar-refractivity contribution in [3.05, 3.63) is 18.5 Å². The molecule has 0 fully saturated rings. The summed E-state index contributed by atoms with van der Waals surface area (Å²) < 4.78 is 0. The monoisotopic (exact) mass is 146 g/mol. The molecule has 1 aromatic heterocycles. The standard InChI is InChI=1S/C4H6N4.ClH/c5-8-4-1-2-6-7-3-4;/h1-3H,5H2,(H,6,8);1H. The summed E-state index contributed by atoms with van der Waals surface area (Å²) in [4.78, 5) is 0. The minimum atomic E-state index is 0. The minimum Gasteiger partial charge on any atom is -0.323 e. The molecule has 0 spiro atoms. The molecule has 0 aliphatic rings. The van der Waals surface area contributed by atoms with Crippen molar-refractivity contribution in [2.75, 3.05) is 5.43 Å². The van der Waals surface area contributed by atoms with Gasteiger partial charge in [-0.05, 0) is 6.07 Å². The van der Waals surface area contributed by atoms with E-state index in [0.717, 1.165) is 5.69 Å². The zero-order valence-electron chi connectivity index (χ0n) is 4.61. The van der Waals surface area contributed by atoms with Crippen LogP contribution in [0.25, 0.3) is 0 Å². The summed E-state index contributed by atoms with van der Waals surface area (Å²) >= 11 is 0. The maximum atomic E-state index is 5.03. The third kappa shape index (κ3) is 2.25. The lowest BCUT2D eigenvalue weighted by Gasteiger charge is -1.92. The van der Waals surface area contributed by atoms with Crippen molar-refractivity contribution in [2.24, 2.45) is 5.84 Å². The number of nitrogens with one attached hydrogen (secondary N) is 1. The van der Waals surface area contributed by atoms with Crippen molar-refractivity contribution < 1.29 is 0 Å². The minimum absolute atomic E-state index is 0. The van der Waals surface area contributed by atoms with Crippen LogP contribution < -0.4 is 11.3 Å². The lowest BCUT2D eigenvalue weighted by Crippen LogP contribution is -2.06. The maximum Gasteiger partial charge on any atom is 0.0741 e. The molecule has 9 heavy (non-hydrogen) atoms. The third-order valence-corrected chi connectivity index (χ3v) is 0.751. The Balaban J connectivity index is 0.000000640. The van der Waals surface area contributed by atoms with Crippen LogP contribution in [0.5, 0.6) is 0 Å². The van der Waals surface area contributed by atoms with Crippen molar-refractivity contribution in [3.63, 3.8) is 0 Å². The van der Waals surface area contributed by atoms with Crippen LogP contribution in [0.3, 0.4) is 0 Å². The number of hydrazine groups is 1. The number of nitrogens with two attached hydrogens (primary N) is 1. The molecule has 50 valence electrons. The largest absolute Gasteiger partial charge is 0.323 e. The van der Waals surface area contributed by atoms with Gasteiger partial charge in [-0.2, -0.15) is 10.2 Å². The van der Waals surface area contributed by atoms with Gasteiger partial charge in [0.1, 0.15) is 0 Å². The maximum absolute atomic E-state index is 5.03. The molecule has 1 rings (SSSR count). The molecule has 0 aromatic carbocycles. The van der Waals surface area contributed by atoms with Gasteiger partial charge >= 0.3 is 0 Å². The molecular formula is C4H7ClN4. The van der Waals surface area contributed by atoms with Crippen LogP contribution in [0.1, 0.15) is 0 Å². The predicted octanol–water partition coefficient (Wildman–Crippen LogP) is 0.184. The van der Waals surface area contributed by atoms with E-state index in [1.54, 1.807) is 18.5 Å². The van der Waals surface area contributed by atoms with E-state index in [4.69, 9.17) is 5.84 Å². The van der Waals surface area contributed by atoms with Gasteiger partial charge in [0.15, 0.2) is 0 Å². The van der Waals surface area contributed by atoms with Gasteiger partial charge in [-0.1, -0.05) is 0 Å². The zero-order chi connectivity index (χ0) is 5.82. The summed E-state index contributed by atoms with van der Waals surface area (Å²) in [6.07, 6.45) is 3.11. The van der Waals surface area contributed by atoms with E-state index in [2.05, 4.69) is 15.6 Å². The first-order valence-corrected chi connectivity index (χ1v) is 2.17. The zero-order valence-corrected chi connectivity index (χ0v) is 5.43. The van der Waals surface area contributed by atoms with Gasteiger partial charge in [0, 0.05) is 0 Å². The highest BCUT2D eigenvalue weighted by Gasteiger charge is 1.80.